The van der Waals surface area contributed by atoms with E-state index in [9.17, 15) is 0 Å². The van der Waals surface area contributed by atoms with Crippen LogP contribution in [-0.4, -0.2) is 34.6 Å². The van der Waals surface area contributed by atoms with Gasteiger partial charge in [0.05, 0.1) is 19.1 Å². The summed E-state index contributed by atoms with van der Waals surface area (Å²) in [4.78, 5) is 4.48. The number of quaternary nitrogens is 1. The highest BCUT2D eigenvalue weighted by Crippen LogP contribution is 2.75. The van der Waals surface area contributed by atoms with Crippen LogP contribution in [0, 0.1) is 5.92 Å². The largest absolute Gasteiger partial charge is 0.308 e. The maximum atomic E-state index is 4.48. The molecule has 0 N–H and O–H groups in total. The van der Waals surface area contributed by atoms with Crippen molar-refractivity contribution in [3.05, 3.63) is 42.1 Å². The van der Waals surface area contributed by atoms with Crippen molar-refractivity contribution in [2.24, 2.45) is 5.92 Å². The van der Waals surface area contributed by atoms with Crippen molar-refractivity contribution in [2.75, 3.05) is 13.6 Å². The molecule has 2 aliphatic heterocycles. The van der Waals surface area contributed by atoms with E-state index in [2.05, 4.69) is 42.4 Å². The highest BCUT2D eigenvalue weighted by atomic mass is 15.6. The van der Waals surface area contributed by atoms with Crippen LogP contribution < -0.4 is 0 Å². The van der Waals surface area contributed by atoms with Crippen molar-refractivity contribution >= 4 is 10.9 Å². The second-order valence-electron chi connectivity index (χ2n) is 6.88. The Kier molecular flexibility index (Phi) is 1.65. The lowest BCUT2D eigenvalue weighted by Gasteiger charge is -2.13. The van der Waals surface area contributed by atoms with Crippen LogP contribution in [0.5, 0.6) is 0 Å². The summed E-state index contributed by atoms with van der Waals surface area (Å²) < 4.78 is 1.37. The first-order chi connectivity index (χ1) is 9.26. The van der Waals surface area contributed by atoms with Crippen LogP contribution in [0.3, 0.4) is 0 Å². The molecule has 96 valence electrons. The quantitative estimate of drug-likeness (QED) is 0.591. The van der Waals surface area contributed by atoms with Crippen LogP contribution in [0.4, 0.5) is 0 Å². The van der Waals surface area contributed by atoms with E-state index in [1.165, 1.54) is 41.2 Å². The fourth-order valence-corrected chi connectivity index (χ4v) is 5.22. The van der Waals surface area contributed by atoms with Crippen molar-refractivity contribution in [1.29, 1.82) is 0 Å². The third-order valence-corrected chi connectivity index (χ3v) is 6.36. The van der Waals surface area contributed by atoms with Gasteiger partial charge in [0.2, 0.25) is 0 Å². The number of nitrogens with zero attached hydrogens (tertiary/aromatic N) is 2. The third kappa shape index (κ3) is 1.06. The predicted molar refractivity (Wildman–Crippen MR) is 75.7 cm³/mol. The molecule has 1 aliphatic carbocycles. The van der Waals surface area contributed by atoms with Crippen LogP contribution in [-0.2, 0) is 6.42 Å². The van der Waals surface area contributed by atoms with E-state index in [1.54, 1.807) is 0 Å². The van der Waals surface area contributed by atoms with Crippen LogP contribution >= 0.6 is 0 Å². The number of likely N-dealkylation sites (N-methyl/N-ethyl adjacent to an activating group) is 1. The lowest BCUT2D eigenvalue weighted by atomic mass is 10.0. The first-order valence-electron chi connectivity index (χ1n) is 7.44. The molecule has 2 aromatic rings. The van der Waals surface area contributed by atoms with Gasteiger partial charge in [0, 0.05) is 36.8 Å². The Morgan fingerprint density at radius 1 is 1.32 bits per heavy atom. The fraction of sp³-hybridized carbons (Fsp3) is 0.471. The zero-order valence-electron chi connectivity index (χ0n) is 11.3. The van der Waals surface area contributed by atoms with E-state index in [4.69, 9.17) is 0 Å². The van der Waals surface area contributed by atoms with Gasteiger partial charge < -0.3 is 4.48 Å². The smallest absolute Gasteiger partial charge is 0.156 e. The second kappa shape index (κ2) is 3.01. The zero-order valence-corrected chi connectivity index (χ0v) is 11.3. The zero-order chi connectivity index (χ0) is 12.7. The Labute approximate surface area is 113 Å². The van der Waals surface area contributed by atoms with Gasteiger partial charge >= 0.3 is 0 Å². The molecule has 1 saturated carbocycles. The minimum absolute atomic E-state index is 0.713. The van der Waals surface area contributed by atoms with Gasteiger partial charge in [0.15, 0.2) is 5.54 Å². The van der Waals surface area contributed by atoms with E-state index < -0.39 is 0 Å². The molecular weight excluding hydrogens is 232 g/mol. The number of benzene rings is 1. The van der Waals surface area contributed by atoms with Crippen molar-refractivity contribution in [2.45, 2.75) is 30.8 Å². The number of hydrogen-bond donors (Lipinski definition) is 0. The van der Waals surface area contributed by atoms with Gasteiger partial charge in [-0.15, -0.1) is 0 Å². The molecule has 3 heterocycles. The Morgan fingerprint density at radius 2 is 2.21 bits per heavy atom. The summed E-state index contributed by atoms with van der Waals surface area (Å²) in [7, 11) is 2.49. The molecule has 3 fully saturated rings. The van der Waals surface area contributed by atoms with Gasteiger partial charge in [0.25, 0.3) is 0 Å². The van der Waals surface area contributed by atoms with Gasteiger partial charge in [-0.25, -0.2) is 0 Å². The maximum Gasteiger partial charge on any atom is 0.156 e. The second-order valence-corrected chi connectivity index (χ2v) is 6.88. The van der Waals surface area contributed by atoms with Crippen molar-refractivity contribution in [1.82, 2.24) is 4.98 Å². The molecule has 4 atom stereocenters. The minimum atomic E-state index is 0.713. The Morgan fingerprint density at radius 3 is 3.00 bits per heavy atom. The first-order valence-corrected chi connectivity index (χ1v) is 7.44. The molecule has 2 saturated heterocycles. The van der Waals surface area contributed by atoms with Crippen molar-refractivity contribution in [3.63, 3.8) is 0 Å². The van der Waals surface area contributed by atoms with E-state index >= 15 is 0 Å². The highest BCUT2D eigenvalue weighted by Gasteiger charge is 2.91. The summed E-state index contributed by atoms with van der Waals surface area (Å²) in [6, 6.07) is 11.7. The van der Waals surface area contributed by atoms with Crippen molar-refractivity contribution < 1.29 is 4.48 Å². The Bertz CT molecular complexity index is 685. The molecule has 1 aromatic carbocycles. The first kappa shape index (κ1) is 10.4. The maximum absolute atomic E-state index is 4.48. The van der Waals surface area contributed by atoms with E-state index in [1.807, 2.05) is 6.20 Å². The number of aromatic nitrogens is 1. The summed E-state index contributed by atoms with van der Waals surface area (Å²) in [5.41, 5.74) is 3.36. The monoisotopic (exact) mass is 251 g/mol. The van der Waals surface area contributed by atoms with Gasteiger partial charge in [0.1, 0.15) is 6.04 Å². The molecule has 0 bridgehead atoms. The number of fused-ring (bicyclic) bond motifs is 1. The molecule has 5 rings (SSSR count). The van der Waals surface area contributed by atoms with Gasteiger partial charge in [-0.1, -0.05) is 18.2 Å². The number of piperidine rings is 2. The highest BCUT2D eigenvalue weighted by molar-refractivity contribution is 5.81. The number of para-hydroxylation sites is 1. The molecular formula is C17H19N2+. The summed E-state index contributed by atoms with van der Waals surface area (Å²) in [6.45, 7) is 1.42. The molecule has 3 unspecified atom stereocenters. The summed E-state index contributed by atoms with van der Waals surface area (Å²) in [6.07, 6.45) is 6.20. The topological polar surface area (TPSA) is 12.9 Å². The fourth-order valence-electron chi connectivity index (χ4n) is 5.22. The molecule has 0 radical (unpaired) electrons. The molecule has 1 aromatic heterocycles. The Hall–Kier alpha value is -1.41. The molecule has 3 aliphatic rings. The molecule has 0 amide bonds. The number of hydrogen-bond acceptors (Lipinski definition) is 1. The lowest BCUT2D eigenvalue weighted by molar-refractivity contribution is -0.803. The van der Waals surface area contributed by atoms with E-state index in [-0.39, 0.29) is 0 Å². The number of pyridine rings is 1. The van der Waals surface area contributed by atoms with Gasteiger partial charge in [-0.3, -0.25) is 4.98 Å². The molecule has 2 heteroatoms. The SMILES string of the molecule is C[N+]12CCC3CC31[C@H]2Cc1ccnc2ccccc12. The summed E-state index contributed by atoms with van der Waals surface area (Å²) in [5, 5.41) is 1.36. The van der Waals surface area contributed by atoms with Crippen LogP contribution in [0.15, 0.2) is 36.5 Å². The third-order valence-electron chi connectivity index (χ3n) is 6.36. The molecule has 2 nitrogen and oxygen atoms in total. The number of rotatable bonds is 2. The van der Waals surface area contributed by atoms with E-state index in [0.29, 0.717) is 5.54 Å². The summed E-state index contributed by atoms with van der Waals surface area (Å²) >= 11 is 0. The van der Waals surface area contributed by atoms with Gasteiger partial charge in [-0.2, -0.15) is 0 Å². The van der Waals surface area contributed by atoms with E-state index in [0.717, 1.165) is 17.5 Å². The Balaban J connectivity index is 1.54. The predicted octanol–water partition coefficient (Wildman–Crippen LogP) is 2.77. The lowest BCUT2D eigenvalue weighted by Crippen LogP contribution is -2.25. The normalized spacial score (nSPS) is 41.9. The van der Waals surface area contributed by atoms with Crippen LogP contribution in [0.2, 0.25) is 0 Å². The average Bonchev–Trinajstić information content (AvgIpc) is 3.25. The summed E-state index contributed by atoms with van der Waals surface area (Å²) in [5.74, 6) is 1.05. The van der Waals surface area contributed by atoms with Crippen LogP contribution in [0.1, 0.15) is 18.4 Å². The average molecular weight is 251 g/mol. The molecule has 19 heavy (non-hydrogen) atoms. The van der Waals surface area contributed by atoms with Gasteiger partial charge in [-0.05, 0) is 17.7 Å². The minimum Gasteiger partial charge on any atom is -0.308 e. The molecule has 1 spiro atoms. The standard InChI is InChI=1S/C17H19N2/c1-19-9-7-13-11-17(13,19)16(19)10-12-6-8-18-15-5-3-2-4-14(12)15/h2-6,8,13,16H,7,9-11H2,1H3/q+1/t13?,16-,17?,19?/m1/s1. The van der Waals surface area contributed by atoms with Crippen LogP contribution in [0.25, 0.3) is 10.9 Å². The van der Waals surface area contributed by atoms with Crippen molar-refractivity contribution in [3.8, 4) is 0 Å².